The van der Waals surface area contributed by atoms with E-state index in [1.54, 1.807) is 7.05 Å². The summed E-state index contributed by atoms with van der Waals surface area (Å²) < 4.78 is 0. The molecule has 0 saturated heterocycles. The van der Waals surface area contributed by atoms with E-state index in [-0.39, 0.29) is 24.4 Å². The molecule has 16 heavy (non-hydrogen) atoms. The molecule has 0 aliphatic heterocycles. The average Bonchev–Trinajstić information content (AvgIpc) is 2.29. The molecule has 0 spiro atoms. The van der Waals surface area contributed by atoms with E-state index in [1.807, 2.05) is 6.92 Å². The van der Waals surface area contributed by atoms with Gasteiger partial charge in [0.1, 0.15) is 0 Å². The van der Waals surface area contributed by atoms with Gasteiger partial charge in [-0.15, -0.1) is 12.4 Å². The first-order valence-electron chi connectivity index (χ1n) is 6.12. The Morgan fingerprint density at radius 3 is 2.25 bits per heavy atom. The molecule has 2 N–H and O–H groups in total. The van der Waals surface area contributed by atoms with Gasteiger partial charge in [-0.2, -0.15) is 0 Å². The summed E-state index contributed by atoms with van der Waals surface area (Å²) in [5, 5.41) is 6.06. The van der Waals surface area contributed by atoms with Crippen molar-refractivity contribution in [1.29, 1.82) is 0 Å². The van der Waals surface area contributed by atoms with Crippen molar-refractivity contribution in [2.24, 2.45) is 5.92 Å². The van der Waals surface area contributed by atoms with E-state index in [2.05, 4.69) is 17.6 Å². The summed E-state index contributed by atoms with van der Waals surface area (Å²) in [5.74, 6) is 0.837. The smallest absolute Gasteiger partial charge is 0.236 e. The topological polar surface area (TPSA) is 41.1 Å². The molecule has 1 saturated carbocycles. The molecule has 0 heterocycles. The third kappa shape index (κ3) is 4.71. The molecule has 0 radical (unpaired) electrons. The molecule has 2 atom stereocenters. The molecule has 1 aliphatic carbocycles. The molecule has 0 aromatic rings. The summed E-state index contributed by atoms with van der Waals surface area (Å²) in [6, 6.07) is 0.379. The third-order valence-corrected chi connectivity index (χ3v) is 3.51. The molecule has 1 aliphatic rings. The number of hydrogen-bond donors (Lipinski definition) is 2. The highest BCUT2D eigenvalue weighted by Crippen LogP contribution is 2.26. The Morgan fingerprint density at radius 2 is 1.75 bits per heavy atom. The van der Waals surface area contributed by atoms with Crippen LogP contribution < -0.4 is 10.6 Å². The molecule has 0 bridgehead atoms. The Kier molecular flexibility index (Phi) is 7.77. The number of carbonyl (C=O) groups excluding carboxylic acids is 1. The van der Waals surface area contributed by atoms with Crippen LogP contribution >= 0.6 is 12.4 Å². The van der Waals surface area contributed by atoms with Gasteiger partial charge in [0, 0.05) is 13.1 Å². The lowest BCUT2D eigenvalue weighted by Crippen LogP contribution is -2.47. The first-order valence-corrected chi connectivity index (χ1v) is 6.12. The zero-order valence-electron chi connectivity index (χ0n) is 10.6. The minimum atomic E-state index is -0.0769. The lowest BCUT2D eigenvalue weighted by Gasteiger charge is -2.30. The molecular weight excluding hydrogens is 224 g/mol. The molecule has 1 unspecified atom stereocenters. The van der Waals surface area contributed by atoms with Crippen molar-refractivity contribution in [2.45, 2.75) is 58.0 Å². The van der Waals surface area contributed by atoms with E-state index in [9.17, 15) is 4.79 Å². The van der Waals surface area contributed by atoms with Gasteiger partial charge in [-0.05, 0) is 32.6 Å². The highest BCUT2D eigenvalue weighted by atomic mass is 35.5. The number of halogens is 1. The fourth-order valence-electron chi connectivity index (χ4n) is 2.46. The van der Waals surface area contributed by atoms with Crippen LogP contribution in [0, 0.1) is 5.92 Å². The summed E-state index contributed by atoms with van der Waals surface area (Å²) in [6.07, 6.45) is 6.72. The molecule has 1 fully saturated rings. The van der Waals surface area contributed by atoms with E-state index >= 15 is 0 Å². The molecule has 3 nitrogen and oxygen atoms in total. The normalized spacial score (nSPS) is 20.7. The molecule has 1 amide bonds. The van der Waals surface area contributed by atoms with E-state index in [4.69, 9.17) is 0 Å². The van der Waals surface area contributed by atoms with Crippen LogP contribution in [0.2, 0.25) is 0 Å². The molecule has 1 rings (SSSR count). The number of carbonyl (C=O) groups is 1. The van der Waals surface area contributed by atoms with Crippen LogP contribution in [0.25, 0.3) is 0 Å². The molecule has 0 aromatic heterocycles. The number of nitrogens with one attached hydrogen (secondary N) is 2. The number of hydrogen-bond acceptors (Lipinski definition) is 2. The largest absolute Gasteiger partial charge is 0.358 e. The van der Waals surface area contributed by atoms with Crippen molar-refractivity contribution in [3.05, 3.63) is 0 Å². The summed E-state index contributed by atoms with van der Waals surface area (Å²) in [7, 11) is 1.69. The van der Waals surface area contributed by atoms with Crippen molar-refractivity contribution in [3.8, 4) is 0 Å². The van der Waals surface area contributed by atoms with Gasteiger partial charge in [0.15, 0.2) is 0 Å². The van der Waals surface area contributed by atoms with Crippen LogP contribution in [0.4, 0.5) is 0 Å². The van der Waals surface area contributed by atoms with Gasteiger partial charge in [0.2, 0.25) is 5.91 Å². The summed E-state index contributed by atoms with van der Waals surface area (Å²) in [4.78, 5) is 11.4. The van der Waals surface area contributed by atoms with Crippen molar-refractivity contribution in [3.63, 3.8) is 0 Å². The third-order valence-electron chi connectivity index (χ3n) is 3.51. The van der Waals surface area contributed by atoms with Crippen molar-refractivity contribution < 1.29 is 4.79 Å². The van der Waals surface area contributed by atoms with Crippen LogP contribution in [0.15, 0.2) is 0 Å². The second-order valence-corrected chi connectivity index (χ2v) is 4.69. The van der Waals surface area contributed by atoms with E-state index in [0.29, 0.717) is 6.04 Å². The highest BCUT2D eigenvalue weighted by Gasteiger charge is 2.22. The number of amides is 1. The van der Waals surface area contributed by atoms with Crippen LogP contribution in [0.5, 0.6) is 0 Å². The SMILES string of the molecule is CNC(=O)[C@@H](C)NC(C)C1CCCCC1.Cl. The van der Waals surface area contributed by atoms with Gasteiger partial charge in [0.25, 0.3) is 0 Å². The van der Waals surface area contributed by atoms with Crippen molar-refractivity contribution in [2.75, 3.05) is 7.05 Å². The number of rotatable bonds is 4. The van der Waals surface area contributed by atoms with Crippen molar-refractivity contribution in [1.82, 2.24) is 10.6 Å². The maximum absolute atomic E-state index is 11.4. The summed E-state index contributed by atoms with van der Waals surface area (Å²) in [5.41, 5.74) is 0. The Hall–Kier alpha value is -0.280. The van der Waals surface area contributed by atoms with Crippen LogP contribution in [-0.4, -0.2) is 25.0 Å². The first kappa shape index (κ1) is 15.7. The van der Waals surface area contributed by atoms with E-state index in [1.165, 1.54) is 32.1 Å². The Balaban J connectivity index is 0.00000225. The molecule has 4 heteroatoms. The van der Waals surface area contributed by atoms with Crippen LogP contribution in [0.1, 0.15) is 46.0 Å². The fourth-order valence-corrected chi connectivity index (χ4v) is 2.46. The number of likely N-dealkylation sites (N-methyl/N-ethyl adjacent to an activating group) is 1. The lowest BCUT2D eigenvalue weighted by atomic mass is 9.84. The van der Waals surface area contributed by atoms with Gasteiger partial charge >= 0.3 is 0 Å². The van der Waals surface area contributed by atoms with E-state index < -0.39 is 0 Å². The van der Waals surface area contributed by atoms with Crippen LogP contribution in [0.3, 0.4) is 0 Å². The maximum atomic E-state index is 11.4. The monoisotopic (exact) mass is 248 g/mol. The van der Waals surface area contributed by atoms with Gasteiger partial charge < -0.3 is 10.6 Å². The van der Waals surface area contributed by atoms with Gasteiger partial charge in [-0.3, -0.25) is 4.79 Å². The quantitative estimate of drug-likeness (QED) is 0.800. The zero-order chi connectivity index (χ0) is 11.3. The molecular formula is C12H25ClN2O. The van der Waals surface area contributed by atoms with Crippen molar-refractivity contribution >= 4 is 18.3 Å². The molecule has 96 valence electrons. The minimum Gasteiger partial charge on any atom is -0.358 e. The second kappa shape index (κ2) is 7.91. The Labute approximate surface area is 105 Å². The van der Waals surface area contributed by atoms with Gasteiger partial charge in [-0.1, -0.05) is 19.3 Å². The molecule has 0 aromatic carbocycles. The Bertz CT molecular complexity index is 205. The Morgan fingerprint density at radius 1 is 1.19 bits per heavy atom. The summed E-state index contributed by atoms with van der Waals surface area (Å²) in [6.45, 7) is 4.13. The predicted molar refractivity (Wildman–Crippen MR) is 69.9 cm³/mol. The standard InChI is InChI=1S/C12H24N2O.ClH/c1-9(11-7-5-4-6-8-11)14-10(2)12(15)13-3;/h9-11,14H,4-8H2,1-3H3,(H,13,15);1H/t9?,10-;/m1./s1. The maximum Gasteiger partial charge on any atom is 0.236 e. The van der Waals surface area contributed by atoms with Gasteiger partial charge in [-0.25, -0.2) is 0 Å². The minimum absolute atomic E-state index is 0. The summed E-state index contributed by atoms with van der Waals surface area (Å²) >= 11 is 0. The fraction of sp³-hybridized carbons (Fsp3) is 0.917. The van der Waals surface area contributed by atoms with E-state index in [0.717, 1.165) is 5.92 Å². The van der Waals surface area contributed by atoms with Gasteiger partial charge in [0.05, 0.1) is 6.04 Å². The first-order chi connectivity index (χ1) is 7.15. The zero-order valence-corrected chi connectivity index (χ0v) is 11.4. The predicted octanol–water partition coefficient (Wildman–Crippen LogP) is 2.10. The average molecular weight is 249 g/mol. The second-order valence-electron chi connectivity index (χ2n) is 4.69. The van der Waals surface area contributed by atoms with Crippen LogP contribution in [-0.2, 0) is 4.79 Å². The highest BCUT2D eigenvalue weighted by molar-refractivity contribution is 5.85. The lowest BCUT2D eigenvalue weighted by molar-refractivity contribution is -0.122.